The molecule has 0 saturated carbocycles. The van der Waals surface area contributed by atoms with Gasteiger partial charge < -0.3 is 5.32 Å². The summed E-state index contributed by atoms with van der Waals surface area (Å²) in [6.07, 6.45) is 0.787. The Labute approximate surface area is 140 Å². The van der Waals surface area contributed by atoms with Gasteiger partial charge in [-0.3, -0.25) is 4.79 Å². The van der Waals surface area contributed by atoms with E-state index in [0.29, 0.717) is 18.7 Å². The van der Waals surface area contributed by atoms with E-state index >= 15 is 0 Å². The van der Waals surface area contributed by atoms with Gasteiger partial charge in [0.1, 0.15) is 0 Å². The van der Waals surface area contributed by atoms with E-state index in [1.165, 1.54) is 10.4 Å². The number of hydrogen-bond acceptors (Lipinski definition) is 3. The molecule has 0 bridgehead atoms. The van der Waals surface area contributed by atoms with E-state index in [2.05, 4.69) is 5.32 Å². The second-order valence-corrected chi connectivity index (χ2v) is 8.20. The third-order valence-corrected chi connectivity index (χ3v) is 6.18. The van der Waals surface area contributed by atoms with E-state index in [4.69, 9.17) is 0 Å². The first-order valence-corrected chi connectivity index (χ1v) is 9.46. The van der Waals surface area contributed by atoms with Crippen molar-refractivity contribution in [2.75, 3.05) is 13.1 Å². The molecule has 1 N–H and O–H groups in total. The average molecular weight is 340 g/mol. The Kier molecular flexibility index (Phi) is 6.36. The number of sulfonamides is 1. The van der Waals surface area contributed by atoms with Crippen molar-refractivity contribution in [3.05, 3.63) is 29.3 Å². The summed E-state index contributed by atoms with van der Waals surface area (Å²) in [5.41, 5.74) is 0.824. The molecule has 0 aliphatic carbocycles. The molecule has 1 aromatic carbocycles. The minimum absolute atomic E-state index is 0.159. The van der Waals surface area contributed by atoms with Crippen LogP contribution in [0.2, 0.25) is 0 Å². The zero-order chi connectivity index (χ0) is 17.8. The summed E-state index contributed by atoms with van der Waals surface area (Å²) in [6, 6.07) is 4.72. The Morgan fingerprint density at radius 2 is 1.74 bits per heavy atom. The lowest BCUT2D eigenvalue weighted by Crippen LogP contribution is -2.43. The first kappa shape index (κ1) is 19.6. The fraction of sp³-hybridized carbons (Fsp3) is 0.588. The highest BCUT2D eigenvalue weighted by molar-refractivity contribution is 7.89. The van der Waals surface area contributed by atoms with Crippen LogP contribution in [0.25, 0.3) is 0 Å². The molecular weight excluding hydrogens is 312 g/mol. The van der Waals surface area contributed by atoms with Crippen LogP contribution < -0.4 is 5.32 Å². The first-order chi connectivity index (χ1) is 10.6. The number of carbonyl (C=O) groups is 1. The molecule has 0 aliphatic rings. The third kappa shape index (κ3) is 4.54. The van der Waals surface area contributed by atoms with Crippen LogP contribution in [0.4, 0.5) is 0 Å². The molecule has 0 aliphatic heterocycles. The van der Waals surface area contributed by atoms with Crippen molar-refractivity contribution in [1.82, 2.24) is 9.62 Å². The zero-order valence-electron chi connectivity index (χ0n) is 14.9. The second-order valence-electron chi connectivity index (χ2n) is 6.26. The lowest BCUT2D eigenvalue weighted by atomic mass is 10.0. The summed E-state index contributed by atoms with van der Waals surface area (Å²) in [6.45, 7) is 12.1. The van der Waals surface area contributed by atoms with Crippen molar-refractivity contribution in [3.8, 4) is 0 Å². The summed E-state index contributed by atoms with van der Waals surface area (Å²) >= 11 is 0. The highest BCUT2D eigenvalue weighted by Gasteiger charge is 2.25. The van der Waals surface area contributed by atoms with Crippen LogP contribution >= 0.6 is 0 Å². The van der Waals surface area contributed by atoms with Gasteiger partial charge in [0, 0.05) is 24.2 Å². The minimum Gasteiger partial charge on any atom is -0.347 e. The van der Waals surface area contributed by atoms with E-state index in [9.17, 15) is 13.2 Å². The molecule has 6 heteroatoms. The van der Waals surface area contributed by atoms with Gasteiger partial charge in [0.2, 0.25) is 10.0 Å². The number of hydrogen-bond donors (Lipinski definition) is 1. The first-order valence-electron chi connectivity index (χ1n) is 8.02. The van der Waals surface area contributed by atoms with Crippen molar-refractivity contribution in [2.24, 2.45) is 0 Å². The highest BCUT2D eigenvalue weighted by Crippen LogP contribution is 2.20. The number of rotatable bonds is 7. The molecule has 0 spiro atoms. The molecule has 0 atom stereocenters. The van der Waals surface area contributed by atoms with Crippen molar-refractivity contribution >= 4 is 15.9 Å². The number of aryl methyl sites for hydroxylation is 1. The average Bonchev–Trinajstić information content (AvgIpc) is 2.47. The van der Waals surface area contributed by atoms with Gasteiger partial charge in [0.25, 0.3) is 5.91 Å². The van der Waals surface area contributed by atoms with Gasteiger partial charge >= 0.3 is 0 Å². The third-order valence-electron chi connectivity index (χ3n) is 4.13. The lowest BCUT2D eigenvalue weighted by Gasteiger charge is -2.25. The number of carbonyl (C=O) groups excluding carboxylic acids is 1. The van der Waals surface area contributed by atoms with Gasteiger partial charge in [-0.2, -0.15) is 4.31 Å². The maximum Gasteiger partial charge on any atom is 0.252 e. The summed E-state index contributed by atoms with van der Waals surface area (Å²) in [5.74, 6) is -0.244. The molecule has 1 amide bonds. The van der Waals surface area contributed by atoms with Crippen LogP contribution in [-0.2, 0) is 10.0 Å². The molecule has 0 radical (unpaired) electrons. The molecule has 5 nitrogen and oxygen atoms in total. The van der Waals surface area contributed by atoms with E-state index in [0.717, 1.165) is 12.0 Å². The highest BCUT2D eigenvalue weighted by atomic mass is 32.2. The predicted octanol–water partition coefficient (Wildman–Crippen LogP) is 2.94. The van der Waals surface area contributed by atoms with Crippen molar-refractivity contribution < 1.29 is 13.2 Å². The molecule has 1 aromatic rings. The summed E-state index contributed by atoms with van der Waals surface area (Å²) in [4.78, 5) is 12.7. The van der Waals surface area contributed by atoms with E-state index in [-0.39, 0.29) is 16.3 Å². The molecule has 0 fully saturated rings. The number of nitrogens with one attached hydrogen (secondary N) is 1. The van der Waals surface area contributed by atoms with Crippen molar-refractivity contribution in [1.29, 1.82) is 0 Å². The standard InChI is InChI=1S/C17H28N2O3S/c1-7-17(5,6)18-16(20)15-12-14(11-10-13(15)4)23(21,22)19(8-2)9-3/h10-12H,7-9H2,1-6H3,(H,18,20). The van der Waals surface area contributed by atoms with Crippen LogP contribution in [0.3, 0.4) is 0 Å². The molecule has 0 unspecified atom stereocenters. The minimum atomic E-state index is -3.57. The Balaban J connectivity index is 3.26. The Hall–Kier alpha value is -1.40. The Morgan fingerprint density at radius 1 is 1.17 bits per heavy atom. The van der Waals surface area contributed by atoms with Gasteiger partial charge in [-0.05, 0) is 44.9 Å². The van der Waals surface area contributed by atoms with Gasteiger partial charge in [-0.15, -0.1) is 0 Å². The van der Waals surface area contributed by atoms with Gasteiger partial charge in [-0.1, -0.05) is 26.8 Å². The van der Waals surface area contributed by atoms with Gasteiger partial charge in [-0.25, -0.2) is 8.42 Å². The fourth-order valence-electron chi connectivity index (χ4n) is 2.18. The SMILES string of the molecule is CCN(CC)S(=O)(=O)c1ccc(C)c(C(=O)NC(C)(C)CC)c1. The zero-order valence-corrected chi connectivity index (χ0v) is 15.8. The molecular formula is C17H28N2O3S. The lowest BCUT2D eigenvalue weighted by molar-refractivity contribution is 0.0910. The number of benzene rings is 1. The molecule has 0 saturated heterocycles. The number of amides is 1. The van der Waals surface area contributed by atoms with E-state index < -0.39 is 10.0 Å². The molecule has 1 rings (SSSR count). The maximum absolute atomic E-state index is 12.6. The Morgan fingerprint density at radius 3 is 2.22 bits per heavy atom. The summed E-state index contributed by atoms with van der Waals surface area (Å²) in [7, 11) is -3.57. The number of nitrogens with zero attached hydrogens (tertiary/aromatic N) is 1. The summed E-state index contributed by atoms with van der Waals surface area (Å²) < 4.78 is 26.6. The Bertz CT molecular complexity index is 662. The van der Waals surface area contributed by atoms with E-state index in [1.807, 2.05) is 27.7 Å². The van der Waals surface area contributed by atoms with Crippen LogP contribution in [0.1, 0.15) is 57.0 Å². The molecule has 0 heterocycles. The maximum atomic E-state index is 12.6. The topological polar surface area (TPSA) is 66.5 Å². The van der Waals surface area contributed by atoms with Crippen LogP contribution in [0.5, 0.6) is 0 Å². The van der Waals surface area contributed by atoms with Crippen LogP contribution in [-0.4, -0.2) is 37.3 Å². The van der Waals surface area contributed by atoms with Crippen LogP contribution in [0.15, 0.2) is 23.1 Å². The molecule has 0 aromatic heterocycles. The molecule has 23 heavy (non-hydrogen) atoms. The quantitative estimate of drug-likeness (QED) is 0.830. The molecule has 130 valence electrons. The van der Waals surface area contributed by atoms with Crippen molar-refractivity contribution in [2.45, 2.75) is 58.4 Å². The van der Waals surface area contributed by atoms with E-state index in [1.54, 1.807) is 26.0 Å². The summed E-state index contributed by atoms with van der Waals surface area (Å²) in [5, 5.41) is 2.95. The normalized spacial score (nSPS) is 12.5. The predicted molar refractivity (Wildman–Crippen MR) is 93.1 cm³/mol. The van der Waals surface area contributed by atoms with Gasteiger partial charge in [0.05, 0.1) is 4.90 Å². The monoisotopic (exact) mass is 340 g/mol. The van der Waals surface area contributed by atoms with Crippen LogP contribution in [0, 0.1) is 6.92 Å². The van der Waals surface area contributed by atoms with Crippen molar-refractivity contribution in [3.63, 3.8) is 0 Å². The fourth-order valence-corrected chi connectivity index (χ4v) is 3.67. The smallest absolute Gasteiger partial charge is 0.252 e. The van der Waals surface area contributed by atoms with Gasteiger partial charge in [0.15, 0.2) is 0 Å². The largest absolute Gasteiger partial charge is 0.347 e. The second kappa shape index (κ2) is 7.45.